The highest BCUT2D eigenvalue weighted by Crippen LogP contribution is 2.34. The van der Waals surface area contributed by atoms with Gasteiger partial charge in [-0.3, -0.25) is 24.6 Å². The number of nitrogens with one attached hydrogen (secondary N) is 1. The molecule has 5 rings (SSSR count). The van der Waals surface area contributed by atoms with E-state index in [1.54, 1.807) is 17.4 Å². The molecule has 2 aromatic rings. The van der Waals surface area contributed by atoms with Crippen LogP contribution in [0.3, 0.4) is 0 Å². The lowest BCUT2D eigenvalue weighted by molar-refractivity contribution is -0.136. The number of halogens is 1. The maximum atomic E-state index is 14.9. The zero-order valence-corrected chi connectivity index (χ0v) is 18.1. The third kappa shape index (κ3) is 4.53. The van der Waals surface area contributed by atoms with E-state index in [0.717, 1.165) is 18.7 Å². The Hall–Kier alpha value is -3.30. The number of rotatable bonds is 6. The maximum Gasteiger partial charge on any atom is 0.255 e. The lowest BCUT2D eigenvalue weighted by Crippen LogP contribution is -2.52. The first-order chi connectivity index (χ1) is 18.8. The zero-order valence-electron chi connectivity index (χ0n) is 24.1. The van der Waals surface area contributed by atoms with Crippen molar-refractivity contribution in [2.45, 2.75) is 38.4 Å². The molecule has 2 aromatic carbocycles. The first kappa shape index (κ1) is 16.3. The minimum Gasteiger partial charge on any atom is -0.488 e. The van der Waals surface area contributed by atoms with E-state index in [2.05, 4.69) is 4.90 Å². The van der Waals surface area contributed by atoms with Crippen LogP contribution in [0.5, 0.6) is 5.75 Å². The smallest absolute Gasteiger partial charge is 0.255 e. The fraction of sp³-hybridized carbons (Fsp3) is 0.400. The Bertz CT molecular complexity index is 1380. The molecule has 3 aliphatic heterocycles. The van der Waals surface area contributed by atoms with E-state index >= 15 is 0 Å². The van der Waals surface area contributed by atoms with Gasteiger partial charge in [-0.15, -0.1) is 0 Å². The molecule has 0 aromatic heterocycles. The number of hydrogen-bond donors (Lipinski definition) is 1. The molecule has 0 bridgehead atoms. The van der Waals surface area contributed by atoms with Gasteiger partial charge in [0.05, 0.1) is 22.5 Å². The fourth-order valence-electron chi connectivity index (χ4n) is 4.00. The van der Waals surface area contributed by atoms with Crippen molar-refractivity contribution < 1.29 is 36.5 Å². The van der Waals surface area contributed by atoms with Gasteiger partial charge in [0, 0.05) is 48.2 Å². The second kappa shape index (κ2) is 9.52. The SMILES string of the molecule is [2H]C1([2H])c2c(OCc3ccc(CN4CCOCC4)cc3F)cccc2C(=O)N1[C@@H]1C(=O)NC(=O)C([2H])([2H])C1([2H])[2H]. The van der Waals surface area contributed by atoms with Crippen LogP contribution in [0.1, 0.15) is 48.0 Å². The molecule has 0 aliphatic carbocycles. The van der Waals surface area contributed by atoms with Gasteiger partial charge in [0.1, 0.15) is 24.2 Å². The zero-order chi connectivity index (χ0) is 29.0. The normalized spacial score (nSPS) is 28.0. The molecule has 178 valence electrons. The molecule has 2 fully saturated rings. The molecule has 2 saturated heterocycles. The number of carbonyl (C=O) groups is 3. The van der Waals surface area contributed by atoms with Gasteiger partial charge in [-0.1, -0.05) is 18.2 Å². The second-order valence-corrected chi connectivity index (χ2v) is 8.06. The van der Waals surface area contributed by atoms with Crippen molar-refractivity contribution >= 4 is 17.7 Å². The largest absolute Gasteiger partial charge is 0.488 e. The molecule has 9 heteroatoms. The summed E-state index contributed by atoms with van der Waals surface area (Å²) in [6.07, 6.45) is -6.49. The summed E-state index contributed by atoms with van der Waals surface area (Å²) in [5.41, 5.74) is 0.398. The summed E-state index contributed by atoms with van der Waals surface area (Å²) in [7, 11) is 0. The van der Waals surface area contributed by atoms with Gasteiger partial charge in [0.2, 0.25) is 11.8 Å². The molecule has 1 atom stereocenters. The number of ether oxygens (including phenoxy) is 2. The molecule has 3 heterocycles. The van der Waals surface area contributed by atoms with Crippen LogP contribution in [-0.4, -0.2) is 59.9 Å². The number of piperidine rings is 1. The average Bonchev–Trinajstić information content (AvgIpc) is 3.09. The van der Waals surface area contributed by atoms with Crippen LogP contribution in [0.2, 0.25) is 0 Å². The van der Waals surface area contributed by atoms with Crippen LogP contribution in [0.4, 0.5) is 4.39 Å². The topological polar surface area (TPSA) is 88.2 Å². The van der Waals surface area contributed by atoms with E-state index in [4.69, 9.17) is 17.7 Å². The Morgan fingerprint density at radius 2 is 2.00 bits per heavy atom. The number of carbonyl (C=O) groups excluding carboxylic acids is 3. The fourth-order valence-corrected chi connectivity index (χ4v) is 4.00. The molecule has 8 nitrogen and oxygen atoms in total. The summed E-state index contributed by atoms with van der Waals surface area (Å²) in [6, 6.07) is 6.42. The molecule has 0 spiro atoms. The standard InChI is InChI=1S/C25H26FN3O5/c26-20-12-16(13-28-8-10-33-11-9-28)4-5-17(20)15-34-22-3-1-2-18-19(22)14-29(25(18)32)21-6-7-23(30)27-24(21)31/h1-5,12,21H,6-11,13-15H2,(H,27,30,31)/t21-/m0/s1/i6D2,7D2,14D2. The minimum absolute atomic E-state index is 0.133. The van der Waals surface area contributed by atoms with Gasteiger partial charge >= 0.3 is 0 Å². The Morgan fingerprint density at radius 3 is 2.79 bits per heavy atom. The van der Waals surface area contributed by atoms with Crippen molar-refractivity contribution in [2.24, 2.45) is 0 Å². The van der Waals surface area contributed by atoms with Gasteiger partial charge < -0.3 is 14.4 Å². The van der Waals surface area contributed by atoms with Crippen LogP contribution in [0.25, 0.3) is 0 Å². The first-order valence-electron chi connectivity index (χ1n) is 13.8. The van der Waals surface area contributed by atoms with Crippen LogP contribution in [-0.2, 0) is 34.0 Å². The average molecular weight is 474 g/mol. The van der Waals surface area contributed by atoms with E-state index in [-0.39, 0.29) is 29.0 Å². The van der Waals surface area contributed by atoms with E-state index in [0.29, 0.717) is 24.7 Å². The molecule has 1 N–H and O–H groups in total. The van der Waals surface area contributed by atoms with Crippen molar-refractivity contribution in [3.63, 3.8) is 0 Å². The molecular weight excluding hydrogens is 441 g/mol. The Balaban J connectivity index is 1.40. The van der Waals surface area contributed by atoms with Crippen molar-refractivity contribution in [1.29, 1.82) is 0 Å². The summed E-state index contributed by atoms with van der Waals surface area (Å²) < 4.78 is 75.6. The summed E-state index contributed by atoms with van der Waals surface area (Å²) in [5.74, 6) is -4.62. The molecule has 0 radical (unpaired) electrons. The highest BCUT2D eigenvalue weighted by molar-refractivity contribution is 6.05. The lowest BCUT2D eigenvalue weighted by Gasteiger charge is -2.29. The number of nitrogens with zero attached hydrogens (tertiary/aromatic N) is 2. The lowest BCUT2D eigenvalue weighted by atomic mass is 10.0. The quantitative estimate of drug-likeness (QED) is 0.646. The van der Waals surface area contributed by atoms with E-state index in [1.807, 2.05) is 0 Å². The van der Waals surface area contributed by atoms with E-state index in [1.165, 1.54) is 24.3 Å². The van der Waals surface area contributed by atoms with Crippen molar-refractivity contribution in [2.75, 3.05) is 26.3 Å². The molecule has 3 amide bonds. The third-order valence-electron chi connectivity index (χ3n) is 5.78. The van der Waals surface area contributed by atoms with Crippen LogP contribution in [0.15, 0.2) is 36.4 Å². The van der Waals surface area contributed by atoms with Crippen LogP contribution < -0.4 is 10.1 Å². The first-order valence-corrected chi connectivity index (χ1v) is 10.8. The number of amides is 3. The van der Waals surface area contributed by atoms with Gasteiger partial charge in [-0.25, -0.2) is 4.39 Å². The second-order valence-electron chi connectivity index (χ2n) is 8.06. The predicted octanol–water partition coefficient (Wildman–Crippen LogP) is 2.00. The van der Waals surface area contributed by atoms with Gasteiger partial charge in [-0.05, 0) is 30.1 Å². The summed E-state index contributed by atoms with van der Waals surface area (Å²) in [4.78, 5) is 40.4. The summed E-state index contributed by atoms with van der Waals surface area (Å²) >= 11 is 0. The van der Waals surface area contributed by atoms with Crippen molar-refractivity contribution in [3.8, 4) is 5.75 Å². The minimum atomic E-state index is -3.26. The molecule has 3 aliphatic rings. The maximum absolute atomic E-state index is 14.9. The number of benzene rings is 2. The molecular formula is C25H26FN3O5. The number of fused-ring (bicyclic) bond motifs is 1. The van der Waals surface area contributed by atoms with Crippen LogP contribution >= 0.6 is 0 Å². The van der Waals surface area contributed by atoms with Gasteiger partial charge in [-0.2, -0.15) is 0 Å². The van der Waals surface area contributed by atoms with Gasteiger partial charge in [0.25, 0.3) is 5.91 Å². The van der Waals surface area contributed by atoms with Crippen molar-refractivity contribution in [1.82, 2.24) is 15.1 Å². The van der Waals surface area contributed by atoms with E-state index < -0.39 is 48.8 Å². The molecule has 34 heavy (non-hydrogen) atoms. The van der Waals surface area contributed by atoms with Crippen LogP contribution in [0, 0.1) is 5.82 Å². The number of morpholine rings is 1. The number of hydrogen-bond acceptors (Lipinski definition) is 6. The Morgan fingerprint density at radius 1 is 1.18 bits per heavy atom. The Labute approximate surface area is 205 Å². The van der Waals surface area contributed by atoms with E-state index in [9.17, 15) is 18.8 Å². The molecule has 0 saturated carbocycles. The van der Waals surface area contributed by atoms with Crippen molar-refractivity contribution in [3.05, 3.63) is 64.5 Å². The number of imide groups is 1. The predicted molar refractivity (Wildman–Crippen MR) is 119 cm³/mol. The highest BCUT2D eigenvalue weighted by atomic mass is 19.1. The summed E-state index contributed by atoms with van der Waals surface area (Å²) in [5, 5.41) is 1.70. The monoisotopic (exact) mass is 473 g/mol. The molecule has 0 unspecified atom stereocenters. The third-order valence-corrected chi connectivity index (χ3v) is 5.78. The Kier molecular flexibility index (Phi) is 4.58. The van der Waals surface area contributed by atoms with Gasteiger partial charge in [0.15, 0.2) is 0 Å². The highest BCUT2D eigenvalue weighted by Gasteiger charge is 2.40. The summed E-state index contributed by atoms with van der Waals surface area (Å²) in [6.45, 7) is 0.122.